The Bertz CT molecular complexity index is 155. The zero-order valence-corrected chi connectivity index (χ0v) is 7.59. The van der Waals surface area contributed by atoms with Gasteiger partial charge in [0.2, 0.25) is 0 Å². The Morgan fingerprint density at radius 1 is 1.00 bits per heavy atom. The van der Waals surface area contributed by atoms with Gasteiger partial charge in [0, 0.05) is 0 Å². The highest BCUT2D eigenvalue weighted by Crippen LogP contribution is 2.07. The molecule has 0 N–H and O–H groups in total. The van der Waals surface area contributed by atoms with E-state index in [1.54, 1.807) is 0 Å². The van der Waals surface area contributed by atoms with Gasteiger partial charge in [-0.3, -0.25) is 9.59 Å². The first-order chi connectivity index (χ1) is 6.86. The molecule has 2 atom stereocenters. The summed E-state index contributed by atoms with van der Waals surface area (Å²) in [6.07, 6.45) is 0.399. The number of rotatable bonds is 6. The molecule has 0 bridgehead atoms. The lowest BCUT2D eigenvalue weighted by Gasteiger charge is -1.86. The fraction of sp³-hybridized carbons (Fsp3) is 0.750. The maximum atomic E-state index is 9.46. The van der Waals surface area contributed by atoms with Crippen LogP contribution in [0.25, 0.3) is 0 Å². The van der Waals surface area contributed by atoms with E-state index in [0.29, 0.717) is 26.2 Å². The van der Waals surface area contributed by atoms with Crippen LogP contribution in [0.1, 0.15) is 0 Å². The van der Waals surface area contributed by atoms with E-state index < -0.39 is 0 Å². The van der Waals surface area contributed by atoms with Gasteiger partial charge in [0.25, 0.3) is 12.9 Å². The van der Waals surface area contributed by atoms with E-state index in [2.05, 4.69) is 9.47 Å². The second-order valence-electron chi connectivity index (χ2n) is 2.77. The third-order valence-electron chi connectivity index (χ3n) is 1.51. The van der Waals surface area contributed by atoms with Crippen LogP contribution in [-0.4, -0.2) is 51.6 Å². The zero-order chi connectivity index (χ0) is 10.2. The lowest BCUT2D eigenvalue weighted by molar-refractivity contribution is -0.129. The Morgan fingerprint density at radius 2 is 1.36 bits per heavy atom. The number of carbonyl (C=O) groups excluding carboxylic acids is 2. The van der Waals surface area contributed by atoms with Crippen molar-refractivity contribution in [3.63, 3.8) is 0 Å². The lowest BCUT2D eigenvalue weighted by atomic mass is 10.5. The highest BCUT2D eigenvalue weighted by molar-refractivity contribution is 5.37. The maximum Gasteiger partial charge on any atom is 0.293 e. The molecule has 0 aromatic heterocycles. The third-order valence-corrected chi connectivity index (χ3v) is 1.51. The molecule has 2 heterocycles. The SMILES string of the molecule is O=COCC1CO1.O=COCC1CO1. The van der Waals surface area contributed by atoms with Gasteiger partial charge in [-0.15, -0.1) is 0 Å². The number of carbonyl (C=O) groups is 2. The molecule has 0 saturated carbocycles. The summed E-state index contributed by atoms with van der Waals surface area (Å²) in [5.41, 5.74) is 0. The van der Waals surface area contributed by atoms with Crippen LogP contribution < -0.4 is 0 Å². The summed E-state index contributed by atoms with van der Waals surface area (Å²) < 4.78 is 18.2. The van der Waals surface area contributed by atoms with E-state index in [1.165, 1.54) is 0 Å². The van der Waals surface area contributed by atoms with Crippen molar-refractivity contribution in [3.05, 3.63) is 0 Å². The smallest absolute Gasteiger partial charge is 0.293 e. The topological polar surface area (TPSA) is 77.7 Å². The van der Waals surface area contributed by atoms with Crippen molar-refractivity contribution in [1.82, 2.24) is 0 Å². The zero-order valence-electron chi connectivity index (χ0n) is 7.59. The molecule has 2 aliphatic heterocycles. The molecule has 6 heteroatoms. The van der Waals surface area contributed by atoms with Gasteiger partial charge in [-0.2, -0.15) is 0 Å². The maximum absolute atomic E-state index is 9.46. The Labute approximate surface area is 81.1 Å². The Morgan fingerprint density at radius 3 is 1.57 bits per heavy atom. The standard InChI is InChI=1S/2C4H6O3/c2*5-3-6-1-4-2-7-4/h2*3-4H,1-2H2. The Balaban J connectivity index is 0.000000140. The summed E-state index contributed by atoms with van der Waals surface area (Å²) >= 11 is 0. The first-order valence-electron chi connectivity index (χ1n) is 4.20. The molecule has 2 aliphatic rings. The second kappa shape index (κ2) is 6.33. The highest BCUT2D eigenvalue weighted by atomic mass is 16.6. The largest absolute Gasteiger partial charge is 0.465 e. The van der Waals surface area contributed by atoms with Crippen LogP contribution in [0.5, 0.6) is 0 Å². The Hall–Kier alpha value is -1.14. The molecule has 0 aromatic carbocycles. The van der Waals surface area contributed by atoms with Gasteiger partial charge in [-0.1, -0.05) is 0 Å². The molecular formula is C8H12O6. The summed E-state index contributed by atoms with van der Waals surface area (Å²) in [6, 6.07) is 0. The lowest BCUT2D eigenvalue weighted by Crippen LogP contribution is -1.97. The average molecular weight is 204 g/mol. The summed E-state index contributed by atoms with van der Waals surface area (Å²) in [7, 11) is 0. The summed E-state index contributed by atoms with van der Waals surface area (Å²) in [5.74, 6) is 0. The van der Waals surface area contributed by atoms with Gasteiger partial charge in [0.15, 0.2) is 0 Å². The summed E-state index contributed by atoms with van der Waals surface area (Å²) in [6.45, 7) is 3.19. The number of hydrogen-bond donors (Lipinski definition) is 0. The first kappa shape index (κ1) is 10.9. The fourth-order valence-electron chi connectivity index (χ4n) is 0.622. The van der Waals surface area contributed by atoms with E-state index >= 15 is 0 Å². The molecule has 80 valence electrons. The molecule has 0 aliphatic carbocycles. The third kappa shape index (κ3) is 6.38. The van der Waals surface area contributed by atoms with Crippen LogP contribution in [0, 0.1) is 0 Å². The van der Waals surface area contributed by atoms with Crippen molar-refractivity contribution >= 4 is 12.9 Å². The summed E-state index contributed by atoms with van der Waals surface area (Å²) in [4.78, 5) is 18.9. The van der Waals surface area contributed by atoms with Gasteiger partial charge in [-0.25, -0.2) is 0 Å². The minimum Gasteiger partial charge on any atom is -0.465 e. The molecule has 2 saturated heterocycles. The molecule has 2 unspecified atom stereocenters. The van der Waals surface area contributed by atoms with Crippen molar-refractivity contribution in [2.75, 3.05) is 26.4 Å². The van der Waals surface area contributed by atoms with Gasteiger partial charge < -0.3 is 18.9 Å². The van der Waals surface area contributed by atoms with Gasteiger partial charge in [0.05, 0.1) is 13.2 Å². The van der Waals surface area contributed by atoms with Crippen LogP contribution in [-0.2, 0) is 28.5 Å². The minimum absolute atomic E-state index is 0.199. The summed E-state index contributed by atoms with van der Waals surface area (Å²) in [5, 5.41) is 0. The first-order valence-corrected chi connectivity index (χ1v) is 4.20. The molecule has 0 aromatic rings. The normalized spacial score (nSPS) is 26.6. The van der Waals surface area contributed by atoms with Crippen LogP contribution in [0.15, 0.2) is 0 Å². The fourth-order valence-corrected chi connectivity index (χ4v) is 0.622. The van der Waals surface area contributed by atoms with Gasteiger partial charge >= 0.3 is 0 Å². The van der Waals surface area contributed by atoms with Crippen molar-refractivity contribution in [1.29, 1.82) is 0 Å². The van der Waals surface area contributed by atoms with Crippen molar-refractivity contribution in [2.24, 2.45) is 0 Å². The highest BCUT2D eigenvalue weighted by Gasteiger charge is 2.22. The van der Waals surface area contributed by atoms with E-state index in [4.69, 9.17) is 9.47 Å². The average Bonchev–Trinajstić information content (AvgIpc) is 3.04. The van der Waals surface area contributed by atoms with E-state index in [0.717, 1.165) is 13.2 Å². The van der Waals surface area contributed by atoms with E-state index in [9.17, 15) is 9.59 Å². The van der Waals surface area contributed by atoms with Crippen LogP contribution in [0.2, 0.25) is 0 Å². The van der Waals surface area contributed by atoms with Gasteiger partial charge in [-0.05, 0) is 0 Å². The second-order valence-corrected chi connectivity index (χ2v) is 2.77. The van der Waals surface area contributed by atoms with Crippen LogP contribution in [0.4, 0.5) is 0 Å². The van der Waals surface area contributed by atoms with E-state index in [-0.39, 0.29) is 12.2 Å². The van der Waals surface area contributed by atoms with Crippen LogP contribution in [0.3, 0.4) is 0 Å². The number of epoxide rings is 2. The van der Waals surface area contributed by atoms with E-state index in [1.807, 2.05) is 0 Å². The minimum atomic E-state index is 0.199. The molecule has 0 amide bonds. The molecule has 0 radical (unpaired) electrons. The van der Waals surface area contributed by atoms with Crippen LogP contribution >= 0.6 is 0 Å². The van der Waals surface area contributed by atoms with Gasteiger partial charge in [0.1, 0.15) is 25.4 Å². The predicted molar refractivity (Wildman–Crippen MR) is 43.5 cm³/mol. The number of ether oxygens (including phenoxy) is 4. The number of hydrogen-bond acceptors (Lipinski definition) is 6. The molecule has 14 heavy (non-hydrogen) atoms. The molecule has 2 rings (SSSR count). The van der Waals surface area contributed by atoms with Crippen molar-refractivity contribution in [2.45, 2.75) is 12.2 Å². The quantitative estimate of drug-likeness (QED) is 0.413. The molecule has 2 fully saturated rings. The molecule has 6 nitrogen and oxygen atoms in total. The predicted octanol–water partition coefficient (Wildman–Crippen LogP) is -0.884. The monoisotopic (exact) mass is 204 g/mol. The van der Waals surface area contributed by atoms with Crippen molar-refractivity contribution < 1.29 is 28.5 Å². The molecular weight excluding hydrogens is 192 g/mol. The molecule has 0 spiro atoms. The Kier molecular flexibility index (Phi) is 4.95. The van der Waals surface area contributed by atoms with Crippen molar-refractivity contribution in [3.8, 4) is 0 Å².